The molecule has 40 heavy (non-hydrogen) atoms. The van der Waals surface area contributed by atoms with Gasteiger partial charge in [0.25, 0.3) is 5.91 Å². The van der Waals surface area contributed by atoms with E-state index >= 15 is 0 Å². The van der Waals surface area contributed by atoms with E-state index in [1.165, 1.54) is 11.1 Å². The van der Waals surface area contributed by atoms with E-state index in [1.807, 2.05) is 43.3 Å². The molecule has 4 rings (SSSR count). The normalized spacial score (nSPS) is 12.1. The molecule has 2 heterocycles. The van der Waals surface area contributed by atoms with Gasteiger partial charge < -0.3 is 10.1 Å². The zero-order chi connectivity index (χ0) is 28.9. The molecule has 6 nitrogen and oxygen atoms in total. The maximum atomic E-state index is 12.9. The lowest BCUT2D eigenvalue weighted by molar-refractivity contribution is 0.0950. The maximum absolute atomic E-state index is 12.9. The summed E-state index contributed by atoms with van der Waals surface area (Å²) < 4.78 is 8.03. The Morgan fingerprint density at radius 3 is 2.38 bits per heavy atom. The number of aromatic nitrogens is 3. The predicted octanol–water partition coefficient (Wildman–Crippen LogP) is 7.67. The minimum absolute atomic E-state index is 0.0343. The number of nitrogens with zero attached hydrogens (tertiary/aromatic N) is 3. The van der Waals surface area contributed by atoms with Gasteiger partial charge in [0, 0.05) is 29.9 Å². The SMILES string of the molecule is CCC(C)(C)c1ccc(OCCCCNC(=O)c2cnc3cc(-c4ccccc4)nn3c2C)c(C(C)(C)CC)c1. The Labute approximate surface area is 239 Å². The van der Waals surface area contributed by atoms with Crippen LogP contribution in [0.4, 0.5) is 0 Å². The molecular weight excluding hydrogens is 496 g/mol. The Bertz CT molecular complexity index is 1450. The first kappa shape index (κ1) is 29.3. The highest BCUT2D eigenvalue weighted by Gasteiger charge is 2.26. The van der Waals surface area contributed by atoms with E-state index in [0.717, 1.165) is 54.0 Å². The lowest BCUT2D eigenvalue weighted by Crippen LogP contribution is -2.26. The molecule has 2 aromatic carbocycles. The molecule has 1 amide bonds. The van der Waals surface area contributed by atoms with E-state index in [0.29, 0.717) is 18.7 Å². The molecule has 2 aromatic heterocycles. The fourth-order valence-electron chi connectivity index (χ4n) is 4.73. The molecule has 0 spiro atoms. The summed E-state index contributed by atoms with van der Waals surface area (Å²) in [4.78, 5) is 17.4. The molecule has 0 aliphatic carbocycles. The molecule has 0 radical (unpaired) electrons. The fourth-order valence-corrected chi connectivity index (χ4v) is 4.73. The summed E-state index contributed by atoms with van der Waals surface area (Å²) in [7, 11) is 0. The van der Waals surface area contributed by atoms with Gasteiger partial charge in [-0.2, -0.15) is 5.10 Å². The van der Waals surface area contributed by atoms with Gasteiger partial charge >= 0.3 is 0 Å². The van der Waals surface area contributed by atoms with Gasteiger partial charge in [0.15, 0.2) is 5.65 Å². The predicted molar refractivity (Wildman–Crippen MR) is 163 cm³/mol. The molecule has 0 saturated carbocycles. The Kier molecular flexibility index (Phi) is 8.97. The van der Waals surface area contributed by atoms with Crippen LogP contribution in [0.15, 0.2) is 60.8 Å². The maximum Gasteiger partial charge on any atom is 0.254 e. The highest BCUT2D eigenvalue weighted by Crippen LogP contribution is 2.38. The zero-order valence-electron chi connectivity index (χ0n) is 25.2. The van der Waals surface area contributed by atoms with Crippen LogP contribution in [0.3, 0.4) is 0 Å². The Balaban J connectivity index is 1.33. The number of fused-ring (bicyclic) bond motifs is 1. The van der Waals surface area contributed by atoms with E-state index in [9.17, 15) is 4.79 Å². The van der Waals surface area contributed by atoms with Gasteiger partial charge in [-0.05, 0) is 55.1 Å². The van der Waals surface area contributed by atoms with Crippen LogP contribution in [0.2, 0.25) is 0 Å². The number of hydrogen-bond acceptors (Lipinski definition) is 4. The fraction of sp³-hybridized carbons (Fsp3) is 0.441. The van der Waals surface area contributed by atoms with Crippen LogP contribution in [0.25, 0.3) is 16.9 Å². The zero-order valence-corrected chi connectivity index (χ0v) is 25.2. The molecule has 1 N–H and O–H groups in total. The van der Waals surface area contributed by atoms with Crippen molar-refractivity contribution in [2.45, 2.75) is 85.0 Å². The van der Waals surface area contributed by atoms with Crippen LogP contribution in [-0.2, 0) is 10.8 Å². The average molecular weight is 541 g/mol. The first-order valence-electron chi connectivity index (χ1n) is 14.5. The number of rotatable bonds is 12. The summed E-state index contributed by atoms with van der Waals surface area (Å²) in [5.74, 6) is 0.835. The molecule has 0 atom stereocenters. The third-order valence-corrected chi connectivity index (χ3v) is 8.41. The van der Waals surface area contributed by atoms with Crippen LogP contribution in [0.5, 0.6) is 5.75 Å². The van der Waals surface area contributed by atoms with E-state index in [-0.39, 0.29) is 16.7 Å². The monoisotopic (exact) mass is 540 g/mol. The Morgan fingerprint density at radius 2 is 1.68 bits per heavy atom. The molecule has 0 bridgehead atoms. The Hall–Kier alpha value is -3.67. The van der Waals surface area contributed by atoms with Crippen molar-refractivity contribution in [1.29, 1.82) is 0 Å². The van der Waals surface area contributed by atoms with Gasteiger partial charge in [-0.15, -0.1) is 0 Å². The molecule has 0 unspecified atom stereocenters. The summed E-state index contributed by atoms with van der Waals surface area (Å²) in [6.45, 7) is 16.7. The number of carbonyl (C=O) groups is 1. The molecule has 0 fully saturated rings. The Morgan fingerprint density at radius 1 is 0.950 bits per heavy atom. The largest absolute Gasteiger partial charge is 0.493 e. The number of benzene rings is 2. The highest BCUT2D eigenvalue weighted by molar-refractivity contribution is 5.95. The molecule has 0 aliphatic heterocycles. The number of nitrogens with one attached hydrogen (secondary N) is 1. The molecular formula is C34H44N4O2. The van der Waals surface area contributed by atoms with Crippen LogP contribution >= 0.6 is 0 Å². The quantitative estimate of drug-likeness (QED) is 0.187. The van der Waals surface area contributed by atoms with Crippen molar-refractivity contribution in [3.8, 4) is 17.0 Å². The van der Waals surface area contributed by atoms with Crippen molar-refractivity contribution in [3.05, 3.63) is 83.2 Å². The smallest absolute Gasteiger partial charge is 0.254 e. The second kappa shape index (κ2) is 12.2. The van der Waals surface area contributed by atoms with Gasteiger partial charge in [0.2, 0.25) is 0 Å². The topological polar surface area (TPSA) is 68.5 Å². The van der Waals surface area contributed by atoms with Crippen LogP contribution < -0.4 is 10.1 Å². The van der Waals surface area contributed by atoms with Crippen molar-refractivity contribution in [3.63, 3.8) is 0 Å². The molecule has 6 heteroatoms. The number of ether oxygens (including phenoxy) is 1. The second-order valence-corrected chi connectivity index (χ2v) is 11.9. The van der Waals surface area contributed by atoms with E-state index in [4.69, 9.17) is 4.74 Å². The second-order valence-electron chi connectivity index (χ2n) is 11.9. The van der Waals surface area contributed by atoms with Gasteiger partial charge in [0.1, 0.15) is 5.75 Å². The van der Waals surface area contributed by atoms with Crippen LogP contribution in [0.1, 0.15) is 94.4 Å². The van der Waals surface area contributed by atoms with Crippen molar-refractivity contribution >= 4 is 11.6 Å². The summed E-state index contributed by atoms with van der Waals surface area (Å²) in [5, 5.41) is 7.73. The van der Waals surface area contributed by atoms with Crippen LogP contribution in [0, 0.1) is 6.92 Å². The number of aryl methyl sites for hydroxylation is 1. The van der Waals surface area contributed by atoms with E-state index in [2.05, 4.69) is 75.1 Å². The van der Waals surface area contributed by atoms with Gasteiger partial charge in [-0.1, -0.05) is 84.0 Å². The molecule has 212 valence electrons. The first-order chi connectivity index (χ1) is 19.1. The van der Waals surface area contributed by atoms with Gasteiger partial charge in [0.05, 0.1) is 23.6 Å². The van der Waals surface area contributed by atoms with E-state index < -0.39 is 0 Å². The van der Waals surface area contributed by atoms with E-state index in [1.54, 1.807) is 10.7 Å². The molecule has 4 aromatic rings. The average Bonchev–Trinajstić information content (AvgIpc) is 3.41. The summed E-state index contributed by atoms with van der Waals surface area (Å²) in [6, 6.07) is 18.6. The number of amides is 1. The van der Waals surface area contributed by atoms with Crippen LogP contribution in [-0.4, -0.2) is 33.7 Å². The minimum Gasteiger partial charge on any atom is -0.493 e. The van der Waals surface area contributed by atoms with Crippen molar-refractivity contribution in [2.75, 3.05) is 13.2 Å². The summed E-state index contributed by atoms with van der Waals surface area (Å²) in [5.41, 5.74) is 6.69. The summed E-state index contributed by atoms with van der Waals surface area (Å²) in [6.07, 6.45) is 5.45. The lowest BCUT2D eigenvalue weighted by atomic mass is 9.76. The van der Waals surface area contributed by atoms with Crippen molar-refractivity contribution < 1.29 is 9.53 Å². The number of hydrogen-bond donors (Lipinski definition) is 1. The minimum atomic E-state index is -0.134. The van der Waals surface area contributed by atoms with Crippen molar-refractivity contribution in [1.82, 2.24) is 19.9 Å². The van der Waals surface area contributed by atoms with Crippen molar-refractivity contribution in [2.24, 2.45) is 0 Å². The highest BCUT2D eigenvalue weighted by atomic mass is 16.5. The number of carbonyl (C=O) groups excluding carboxylic acids is 1. The first-order valence-corrected chi connectivity index (χ1v) is 14.5. The molecule has 0 saturated heterocycles. The lowest BCUT2D eigenvalue weighted by Gasteiger charge is -2.30. The standard InChI is InChI=1S/C34H44N4O2/c1-8-33(4,5)26-17-18-30(28(21-26)34(6,7)9-2)40-20-14-13-19-35-32(39)27-23-36-31-22-29(37-38(31)24(27)3)25-15-11-10-12-16-25/h10-12,15-18,21-23H,8-9,13-14,19-20H2,1-7H3,(H,35,39). The number of unbranched alkanes of at least 4 members (excludes halogenated alkanes) is 1. The third kappa shape index (κ3) is 6.38. The summed E-state index contributed by atoms with van der Waals surface area (Å²) >= 11 is 0. The molecule has 0 aliphatic rings. The van der Waals surface area contributed by atoms with Gasteiger partial charge in [-0.25, -0.2) is 9.50 Å². The third-order valence-electron chi connectivity index (χ3n) is 8.41. The van der Waals surface area contributed by atoms with Gasteiger partial charge in [-0.3, -0.25) is 4.79 Å².